The number of carbonyl (C=O) groups is 1. The molecule has 0 saturated heterocycles. The van der Waals surface area contributed by atoms with Crippen LogP contribution in [0.2, 0.25) is 0 Å². The minimum Gasteiger partial charge on any atom is -0.619 e. The summed E-state index contributed by atoms with van der Waals surface area (Å²) in [5, 5.41) is 16.5. The number of benzene rings is 2. The maximum absolute atomic E-state index is 12.8. The molecule has 2 aromatic carbocycles. The second-order valence-electron chi connectivity index (χ2n) is 10.3. The van der Waals surface area contributed by atoms with E-state index in [0.29, 0.717) is 33.8 Å². The SMILES string of the molecule is CC(C)(c1cc(-c2cc(-c3cccc(C=CC(=O)NC4CC4)c3)c[n+]([O-])c2)c2ncccc2c1)S(C)(=O)=O. The van der Waals surface area contributed by atoms with Crippen molar-refractivity contribution < 1.29 is 17.9 Å². The fraction of sp³-hybridized carbons (Fsp3) is 0.233. The number of pyridine rings is 2. The highest BCUT2D eigenvalue weighted by molar-refractivity contribution is 7.91. The highest BCUT2D eigenvalue weighted by atomic mass is 32.2. The summed E-state index contributed by atoms with van der Waals surface area (Å²) in [4.78, 5) is 16.6. The molecule has 1 fully saturated rings. The molecule has 1 aliphatic carbocycles. The third kappa shape index (κ3) is 5.31. The van der Waals surface area contributed by atoms with E-state index < -0.39 is 14.6 Å². The summed E-state index contributed by atoms with van der Waals surface area (Å²) >= 11 is 0. The fourth-order valence-electron chi connectivity index (χ4n) is 4.30. The number of hydrogen-bond donors (Lipinski definition) is 1. The van der Waals surface area contributed by atoms with Gasteiger partial charge in [-0.15, -0.1) is 0 Å². The molecule has 4 aromatic rings. The van der Waals surface area contributed by atoms with Crippen LogP contribution in [0.5, 0.6) is 0 Å². The van der Waals surface area contributed by atoms with E-state index in [1.165, 1.54) is 24.7 Å². The monoisotopic (exact) mass is 527 g/mol. The third-order valence-electron chi connectivity index (χ3n) is 7.05. The zero-order chi connectivity index (χ0) is 27.1. The van der Waals surface area contributed by atoms with E-state index in [2.05, 4.69) is 10.3 Å². The molecule has 2 aromatic heterocycles. The van der Waals surface area contributed by atoms with Gasteiger partial charge in [0.25, 0.3) is 0 Å². The number of amides is 1. The van der Waals surface area contributed by atoms with Crippen molar-refractivity contribution in [3.05, 3.63) is 95.6 Å². The molecule has 2 heterocycles. The molecule has 0 radical (unpaired) electrons. The van der Waals surface area contributed by atoms with Gasteiger partial charge in [0.15, 0.2) is 22.2 Å². The number of nitrogens with one attached hydrogen (secondary N) is 1. The molecule has 7 nitrogen and oxygen atoms in total. The molecule has 38 heavy (non-hydrogen) atoms. The Labute approximate surface area is 222 Å². The number of rotatable bonds is 7. The number of carbonyl (C=O) groups excluding carboxylic acids is 1. The highest BCUT2D eigenvalue weighted by Crippen LogP contribution is 2.37. The summed E-state index contributed by atoms with van der Waals surface area (Å²) in [6.45, 7) is 3.36. The molecule has 0 unspecified atom stereocenters. The Kier molecular flexibility index (Phi) is 6.53. The summed E-state index contributed by atoms with van der Waals surface area (Å²) in [7, 11) is -3.42. The van der Waals surface area contributed by atoms with Gasteiger partial charge >= 0.3 is 0 Å². The van der Waals surface area contributed by atoms with Gasteiger partial charge in [0.2, 0.25) is 5.91 Å². The second-order valence-corrected chi connectivity index (χ2v) is 12.9. The van der Waals surface area contributed by atoms with Gasteiger partial charge < -0.3 is 10.5 Å². The first-order valence-electron chi connectivity index (χ1n) is 12.4. The first-order chi connectivity index (χ1) is 18.0. The molecule has 0 aliphatic heterocycles. The minimum absolute atomic E-state index is 0.117. The van der Waals surface area contributed by atoms with Crippen LogP contribution in [0.1, 0.15) is 37.8 Å². The van der Waals surface area contributed by atoms with Crippen LogP contribution >= 0.6 is 0 Å². The molecule has 194 valence electrons. The number of hydrogen-bond acceptors (Lipinski definition) is 5. The molecule has 0 atom stereocenters. The predicted molar refractivity (Wildman–Crippen MR) is 150 cm³/mol. The van der Waals surface area contributed by atoms with Gasteiger partial charge in [0.05, 0.1) is 10.3 Å². The van der Waals surface area contributed by atoms with Crippen LogP contribution < -0.4 is 10.0 Å². The highest BCUT2D eigenvalue weighted by Gasteiger charge is 2.33. The lowest BCUT2D eigenvalue weighted by Gasteiger charge is -2.24. The molecule has 1 amide bonds. The fourth-order valence-corrected chi connectivity index (χ4v) is 4.85. The van der Waals surface area contributed by atoms with E-state index in [0.717, 1.165) is 34.1 Å². The molecule has 1 saturated carbocycles. The quantitative estimate of drug-likeness (QED) is 0.212. The summed E-state index contributed by atoms with van der Waals surface area (Å²) in [5.41, 5.74) is 4.93. The average molecular weight is 528 g/mol. The molecule has 1 N–H and O–H groups in total. The van der Waals surface area contributed by atoms with Crippen molar-refractivity contribution in [2.45, 2.75) is 37.5 Å². The molecular weight excluding hydrogens is 498 g/mol. The van der Waals surface area contributed by atoms with Crippen LogP contribution in [0.4, 0.5) is 0 Å². The topological polar surface area (TPSA) is 103 Å². The lowest BCUT2D eigenvalue weighted by atomic mass is 9.93. The third-order valence-corrected chi connectivity index (χ3v) is 9.14. The van der Waals surface area contributed by atoms with Crippen molar-refractivity contribution in [3.63, 3.8) is 0 Å². The number of sulfone groups is 1. The first kappa shape index (κ1) is 25.6. The number of fused-ring (bicyclic) bond motifs is 1. The first-order valence-corrected chi connectivity index (χ1v) is 14.3. The summed E-state index contributed by atoms with van der Waals surface area (Å²) in [5.74, 6) is -0.117. The van der Waals surface area contributed by atoms with E-state index in [9.17, 15) is 18.4 Å². The lowest BCUT2D eigenvalue weighted by Crippen LogP contribution is -2.28. The van der Waals surface area contributed by atoms with Crippen molar-refractivity contribution in [2.24, 2.45) is 0 Å². The van der Waals surface area contributed by atoms with Gasteiger partial charge in [-0.3, -0.25) is 9.78 Å². The molecule has 0 bridgehead atoms. The normalized spacial score (nSPS) is 14.2. The Balaban J connectivity index is 1.58. The van der Waals surface area contributed by atoms with Crippen LogP contribution in [0.25, 0.3) is 39.2 Å². The van der Waals surface area contributed by atoms with Crippen LogP contribution in [0.3, 0.4) is 0 Å². The van der Waals surface area contributed by atoms with Gasteiger partial charge in [-0.1, -0.05) is 24.3 Å². The van der Waals surface area contributed by atoms with Gasteiger partial charge in [-0.05, 0) is 79.8 Å². The standard InChI is InChI=1S/C30H29N3O4S/c1-30(2,38(3,36)37)25-16-22-8-5-13-31-29(22)27(17-25)24-15-23(18-33(35)19-24)21-7-4-6-20(14-21)9-12-28(34)32-26-10-11-26/h4-9,12-19,26H,10-11H2,1-3H3,(H,32,34). The zero-order valence-corrected chi connectivity index (χ0v) is 22.3. The smallest absolute Gasteiger partial charge is 0.244 e. The Morgan fingerprint density at radius 3 is 2.55 bits per heavy atom. The summed E-state index contributed by atoms with van der Waals surface area (Å²) < 4.78 is 24.8. The van der Waals surface area contributed by atoms with E-state index >= 15 is 0 Å². The Hall–Kier alpha value is -4.04. The Bertz CT molecular complexity index is 1690. The second kappa shape index (κ2) is 9.68. The molecule has 8 heteroatoms. The van der Waals surface area contributed by atoms with E-state index in [-0.39, 0.29) is 5.91 Å². The Morgan fingerprint density at radius 1 is 1.05 bits per heavy atom. The number of aromatic nitrogens is 2. The van der Waals surface area contributed by atoms with Crippen LogP contribution in [-0.4, -0.2) is 31.6 Å². The maximum Gasteiger partial charge on any atom is 0.244 e. The van der Waals surface area contributed by atoms with Crippen LogP contribution in [-0.2, 0) is 19.4 Å². The maximum atomic E-state index is 12.8. The van der Waals surface area contributed by atoms with Crippen molar-refractivity contribution in [1.29, 1.82) is 0 Å². The molecule has 0 spiro atoms. The van der Waals surface area contributed by atoms with E-state index in [1.807, 2.05) is 48.5 Å². The van der Waals surface area contributed by atoms with Crippen molar-refractivity contribution in [3.8, 4) is 22.3 Å². The average Bonchev–Trinajstić information content (AvgIpc) is 3.70. The molecule has 5 rings (SSSR count). The predicted octanol–water partition coefficient (Wildman–Crippen LogP) is 4.77. The lowest BCUT2D eigenvalue weighted by molar-refractivity contribution is -0.604. The zero-order valence-electron chi connectivity index (χ0n) is 21.5. The molecule has 1 aliphatic rings. The molecular formula is C30H29N3O4S. The summed E-state index contributed by atoms with van der Waals surface area (Å²) in [6.07, 6.45) is 11.2. The van der Waals surface area contributed by atoms with Crippen molar-refractivity contribution in [2.75, 3.05) is 6.26 Å². The largest absolute Gasteiger partial charge is 0.619 e. The van der Waals surface area contributed by atoms with E-state index in [1.54, 1.807) is 32.2 Å². The minimum atomic E-state index is -3.42. The van der Waals surface area contributed by atoms with Gasteiger partial charge in [0, 0.05) is 46.6 Å². The van der Waals surface area contributed by atoms with Crippen LogP contribution in [0.15, 0.2) is 79.3 Å². The Morgan fingerprint density at radius 2 is 1.82 bits per heavy atom. The summed E-state index contributed by atoms with van der Waals surface area (Å²) in [6, 6.07) is 17.1. The van der Waals surface area contributed by atoms with Gasteiger partial charge in [-0.2, -0.15) is 4.73 Å². The van der Waals surface area contributed by atoms with Crippen molar-refractivity contribution >= 4 is 32.7 Å². The number of nitrogens with zero attached hydrogens (tertiary/aromatic N) is 2. The van der Waals surface area contributed by atoms with E-state index in [4.69, 9.17) is 0 Å². The van der Waals surface area contributed by atoms with Gasteiger partial charge in [-0.25, -0.2) is 8.42 Å². The van der Waals surface area contributed by atoms with Crippen molar-refractivity contribution in [1.82, 2.24) is 10.3 Å². The van der Waals surface area contributed by atoms with Gasteiger partial charge in [0.1, 0.15) is 0 Å². The van der Waals surface area contributed by atoms with Crippen LogP contribution in [0, 0.1) is 5.21 Å².